The number of benzene rings is 2. The molecule has 0 aliphatic carbocycles. The molecular formula is C23H22N2O6S. The third-order valence-electron chi connectivity index (χ3n) is 4.35. The van der Waals surface area contributed by atoms with Crippen LogP contribution in [0.4, 0.5) is 5.69 Å². The number of carbonyl (C=O) groups excluding carboxylic acids is 3. The first-order chi connectivity index (χ1) is 15.3. The molecule has 1 N–H and O–H groups in total. The summed E-state index contributed by atoms with van der Waals surface area (Å²) in [6.45, 7) is 3.30. The van der Waals surface area contributed by atoms with Crippen molar-refractivity contribution >= 4 is 46.9 Å². The summed E-state index contributed by atoms with van der Waals surface area (Å²) in [5.41, 5.74) is 1.04. The van der Waals surface area contributed by atoms with Gasteiger partial charge in [-0.3, -0.25) is 19.8 Å². The second kappa shape index (κ2) is 10.1. The zero-order valence-electron chi connectivity index (χ0n) is 17.8. The third kappa shape index (κ3) is 5.50. The molecule has 0 radical (unpaired) electrons. The van der Waals surface area contributed by atoms with Crippen molar-refractivity contribution in [1.29, 1.82) is 0 Å². The highest BCUT2D eigenvalue weighted by Crippen LogP contribution is 2.24. The second-order valence-electron chi connectivity index (χ2n) is 7.05. The molecule has 166 valence electrons. The van der Waals surface area contributed by atoms with E-state index in [0.29, 0.717) is 22.7 Å². The standard InChI is InChI=1S/C23H22N2O6S/c1-14(2)31-20(26)13-30-18-8-4-15(5-9-18)12-19-21(27)24-23(32)25(22(19)28)16-6-10-17(29-3)11-7-16/h4-12,14H,13H2,1-3H3,(H,24,27,32)/b19-12+. The fourth-order valence-corrected chi connectivity index (χ4v) is 3.17. The highest BCUT2D eigenvalue weighted by molar-refractivity contribution is 7.80. The molecule has 1 aliphatic heterocycles. The van der Waals surface area contributed by atoms with Crippen molar-refractivity contribution in [2.24, 2.45) is 0 Å². The summed E-state index contributed by atoms with van der Waals surface area (Å²) in [7, 11) is 1.54. The molecule has 2 amide bonds. The fraction of sp³-hybridized carbons (Fsp3) is 0.217. The Hall–Kier alpha value is -3.72. The summed E-state index contributed by atoms with van der Waals surface area (Å²) >= 11 is 5.20. The van der Waals surface area contributed by atoms with Crippen LogP contribution in [0.25, 0.3) is 6.08 Å². The zero-order valence-corrected chi connectivity index (χ0v) is 18.6. The Morgan fingerprint density at radius 1 is 1.06 bits per heavy atom. The number of nitrogens with one attached hydrogen (secondary N) is 1. The Morgan fingerprint density at radius 2 is 1.69 bits per heavy atom. The normalized spacial score (nSPS) is 15.1. The highest BCUT2D eigenvalue weighted by Gasteiger charge is 2.34. The average Bonchev–Trinajstić information content (AvgIpc) is 2.76. The lowest BCUT2D eigenvalue weighted by molar-refractivity contribution is -0.149. The van der Waals surface area contributed by atoms with E-state index < -0.39 is 17.8 Å². The van der Waals surface area contributed by atoms with E-state index in [4.69, 9.17) is 26.4 Å². The molecule has 0 aromatic heterocycles. The first-order valence-electron chi connectivity index (χ1n) is 9.76. The quantitative estimate of drug-likeness (QED) is 0.298. The van der Waals surface area contributed by atoms with Gasteiger partial charge in [0.25, 0.3) is 11.8 Å². The summed E-state index contributed by atoms with van der Waals surface area (Å²) < 4.78 is 15.5. The molecule has 3 rings (SSSR count). The molecule has 0 atom stereocenters. The highest BCUT2D eigenvalue weighted by atomic mass is 32.1. The molecule has 0 bridgehead atoms. The Bertz CT molecular complexity index is 1060. The van der Waals surface area contributed by atoms with E-state index in [1.807, 2.05) is 0 Å². The van der Waals surface area contributed by atoms with Crippen LogP contribution in [0.2, 0.25) is 0 Å². The number of methoxy groups -OCH3 is 1. The SMILES string of the molecule is COc1ccc(N2C(=O)/C(=C/c3ccc(OCC(=O)OC(C)C)cc3)C(=O)NC2=S)cc1. The number of anilines is 1. The van der Waals surface area contributed by atoms with Crippen molar-refractivity contribution in [3.8, 4) is 11.5 Å². The topological polar surface area (TPSA) is 94.2 Å². The van der Waals surface area contributed by atoms with Crippen LogP contribution in [0.1, 0.15) is 19.4 Å². The fourth-order valence-electron chi connectivity index (χ4n) is 2.89. The average molecular weight is 455 g/mol. The minimum atomic E-state index is -0.582. The lowest BCUT2D eigenvalue weighted by Gasteiger charge is -2.29. The molecule has 9 heteroatoms. The van der Waals surface area contributed by atoms with Crippen LogP contribution in [-0.2, 0) is 19.1 Å². The number of carbonyl (C=O) groups is 3. The lowest BCUT2D eigenvalue weighted by atomic mass is 10.1. The smallest absolute Gasteiger partial charge is 0.344 e. The van der Waals surface area contributed by atoms with Gasteiger partial charge in [-0.2, -0.15) is 0 Å². The van der Waals surface area contributed by atoms with Gasteiger partial charge in [0.15, 0.2) is 11.7 Å². The second-order valence-corrected chi connectivity index (χ2v) is 7.44. The molecule has 1 saturated heterocycles. The molecule has 0 spiro atoms. The number of rotatable bonds is 7. The molecule has 1 aliphatic rings. The van der Waals surface area contributed by atoms with E-state index in [-0.39, 0.29) is 23.4 Å². The van der Waals surface area contributed by atoms with Gasteiger partial charge in [-0.05, 0) is 74.1 Å². The van der Waals surface area contributed by atoms with Gasteiger partial charge >= 0.3 is 5.97 Å². The van der Waals surface area contributed by atoms with Crippen molar-refractivity contribution in [2.75, 3.05) is 18.6 Å². The van der Waals surface area contributed by atoms with Crippen LogP contribution in [0.5, 0.6) is 11.5 Å². The van der Waals surface area contributed by atoms with Crippen LogP contribution >= 0.6 is 12.2 Å². The van der Waals surface area contributed by atoms with E-state index in [2.05, 4.69) is 5.32 Å². The molecule has 1 heterocycles. The largest absolute Gasteiger partial charge is 0.497 e. The van der Waals surface area contributed by atoms with Gasteiger partial charge < -0.3 is 14.2 Å². The number of amides is 2. The molecule has 32 heavy (non-hydrogen) atoms. The van der Waals surface area contributed by atoms with Crippen molar-refractivity contribution in [3.05, 3.63) is 59.7 Å². The Labute approximate surface area is 190 Å². The molecular weight excluding hydrogens is 432 g/mol. The van der Waals surface area contributed by atoms with Gasteiger partial charge in [-0.25, -0.2) is 4.79 Å². The van der Waals surface area contributed by atoms with Gasteiger partial charge in [0, 0.05) is 0 Å². The van der Waals surface area contributed by atoms with E-state index in [0.717, 1.165) is 0 Å². The van der Waals surface area contributed by atoms with E-state index >= 15 is 0 Å². The number of ether oxygens (including phenoxy) is 3. The van der Waals surface area contributed by atoms with Crippen molar-refractivity contribution in [1.82, 2.24) is 5.32 Å². The monoisotopic (exact) mass is 454 g/mol. The van der Waals surface area contributed by atoms with E-state index in [1.165, 1.54) is 11.0 Å². The molecule has 8 nitrogen and oxygen atoms in total. The van der Waals surface area contributed by atoms with Crippen molar-refractivity contribution in [3.63, 3.8) is 0 Å². The van der Waals surface area contributed by atoms with E-state index in [1.54, 1.807) is 69.5 Å². The van der Waals surface area contributed by atoms with Crippen LogP contribution in [0.3, 0.4) is 0 Å². The third-order valence-corrected chi connectivity index (χ3v) is 4.63. The van der Waals surface area contributed by atoms with E-state index in [9.17, 15) is 14.4 Å². The first kappa shape index (κ1) is 23.0. The Balaban J connectivity index is 1.76. The van der Waals surface area contributed by atoms with Crippen LogP contribution in [0.15, 0.2) is 54.1 Å². The van der Waals surface area contributed by atoms with Crippen molar-refractivity contribution in [2.45, 2.75) is 20.0 Å². The number of hydrogen-bond donors (Lipinski definition) is 1. The van der Waals surface area contributed by atoms with Crippen LogP contribution in [0, 0.1) is 0 Å². The maximum Gasteiger partial charge on any atom is 0.344 e. The summed E-state index contributed by atoms with van der Waals surface area (Å²) in [4.78, 5) is 38.3. The van der Waals surface area contributed by atoms with Gasteiger partial charge in [-0.1, -0.05) is 12.1 Å². The number of esters is 1. The van der Waals surface area contributed by atoms with Gasteiger partial charge in [0.1, 0.15) is 17.1 Å². The summed E-state index contributed by atoms with van der Waals surface area (Å²) in [6.07, 6.45) is 1.25. The summed E-state index contributed by atoms with van der Waals surface area (Å²) in [5, 5.41) is 2.54. The van der Waals surface area contributed by atoms with Gasteiger partial charge in [0.2, 0.25) is 0 Å². The molecule has 1 fully saturated rings. The van der Waals surface area contributed by atoms with Crippen LogP contribution < -0.4 is 19.7 Å². The van der Waals surface area contributed by atoms with Crippen molar-refractivity contribution < 1.29 is 28.6 Å². The molecule has 0 unspecified atom stereocenters. The Morgan fingerprint density at radius 3 is 2.28 bits per heavy atom. The van der Waals surface area contributed by atoms with Gasteiger partial charge in [0.05, 0.1) is 18.9 Å². The van der Waals surface area contributed by atoms with Gasteiger partial charge in [-0.15, -0.1) is 0 Å². The maximum atomic E-state index is 13.0. The predicted octanol–water partition coefficient (Wildman–Crippen LogP) is 2.86. The van der Waals surface area contributed by atoms with Crippen LogP contribution in [-0.4, -0.2) is 42.7 Å². The summed E-state index contributed by atoms with van der Waals surface area (Å²) in [5.74, 6) is -0.510. The minimum Gasteiger partial charge on any atom is -0.497 e. The lowest BCUT2D eigenvalue weighted by Crippen LogP contribution is -2.54. The predicted molar refractivity (Wildman–Crippen MR) is 122 cm³/mol. The molecule has 0 saturated carbocycles. The zero-order chi connectivity index (χ0) is 23.3. The number of thiocarbonyl (C=S) groups is 1. The number of hydrogen-bond acceptors (Lipinski definition) is 7. The molecule has 2 aromatic rings. The summed E-state index contributed by atoms with van der Waals surface area (Å²) in [6, 6.07) is 13.3. The maximum absolute atomic E-state index is 13.0. The minimum absolute atomic E-state index is 0.000603. The Kier molecular flexibility index (Phi) is 7.21. The number of nitrogens with zero attached hydrogens (tertiary/aromatic N) is 1. The first-order valence-corrected chi connectivity index (χ1v) is 10.2. The molecule has 2 aromatic carbocycles.